The summed E-state index contributed by atoms with van der Waals surface area (Å²) in [6, 6.07) is 7.11. The Hall–Kier alpha value is -2.04. The SMILES string of the molecule is O=C1NC2(CO1)CC(C(=O)N1C[C@@H]3[C@H](C1)[C@@H]3c1ccc3c(c1)CCC3)C2. The molecule has 4 fully saturated rings. The minimum Gasteiger partial charge on any atom is -0.447 e. The Balaban J connectivity index is 1.07. The fraction of sp³-hybridized carbons (Fsp3) is 0.619. The Morgan fingerprint density at radius 1 is 1.15 bits per heavy atom. The first-order chi connectivity index (χ1) is 12.6. The Kier molecular flexibility index (Phi) is 2.91. The van der Waals surface area contributed by atoms with E-state index in [1.165, 1.54) is 24.8 Å². The number of rotatable bonds is 2. The van der Waals surface area contributed by atoms with Gasteiger partial charge in [0.15, 0.2) is 0 Å². The molecule has 2 amide bonds. The molecule has 0 aromatic heterocycles. The summed E-state index contributed by atoms with van der Waals surface area (Å²) in [4.78, 5) is 26.1. The number of likely N-dealkylation sites (tertiary alicyclic amines) is 1. The third kappa shape index (κ3) is 2.09. The fourth-order valence-electron chi connectivity index (χ4n) is 6.03. The number of nitrogens with one attached hydrogen (secondary N) is 1. The Morgan fingerprint density at radius 3 is 2.65 bits per heavy atom. The van der Waals surface area contributed by atoms with Crippen LogP contribution in [0.5, 0.6) is 0 Å². The van der Waals surface area contributed by atoms with E-state index in [1.54, 1.807) is 11.1 Å². The number of benzene rings is 1. The Bertz CT molecular complexity index is 801. The monoisotopic (exact) mass is 352 g/mol. The van der Waals surface area contributed by atoms with Crippen LogP contribution < -0.4 is 5.32 Å². The first-order valence-corrected chi connectivity index (χ1v) is 9.97. The summed E-state index contributed by atoms with van der Waals surface area (Å²) in [6.07, 6.45) is 4.90. The van der Waals surface area contributed by atoms with E-state index in [4.69, 9.17) is 4.74 Å². The van der Waals surface area contributed by atoms with E-state index in [9.17, 15) is 9.59 Å². The summed E-state index contributed by atoms with van der Waals surface area (Å²) in [5.41, 5.74) is 4.34. The highest BCUT2D eigenvalue weighted by Gasteiger charge is 2.59. The van der Waals surface area contributed by atoms with Crippen molar-refractivity contribution in [1.29, 1.82) is 0 Å². The van der Waals surface area contributed by atoms with E-state index in [2.05, 4.69) is 28.4 Å². The summed E-state index contributed by atoms with van der Waals surface area (Å²) in [7, 11) is 0. The van der Waals surface area contributed by atoms with Crippen LogP contribution in [-0.4, -0.2) is 42.1 Å². The molecule has 136 valence electrons. The number of nitrogens with zero attached hydrogens (tertiary/aromatic N) is 1. The van der Waals surface area contributed by atoms with Gasteiger partial charge in [-0.05, 0) is 66.5 Å². The number of cyclic esters (lactones) is 1. The van der Waals surface area contributed by atoms with Gasteiger partial charge in [-0.15, -0.1) is 0 Å². The summed E-state index contributed by atoms with van der Waals surface area (Å²) < 4.78 is 5.01. The van der Waals surface area contributed by atoms with E-state index >= 15 is 0 Å². The number of carbonyl (C=O) groups excluding carboxylic acids is 2. The van der Waals surface area contributed by atoms with Crippen LogP contribution in [0.4, 0.5) is 4.79 Å². The van der Waals surface area contributed by atoms with Gasteiger partial charge in [-0.1, -0.05) is 18.2 Å². The van der Waals surface area contributed by atoms with Gasteiger partial charge in [-0.25, -0.2) is 4.79 Å². The second-order valence-corrected chi connectivity index (χ2v) is 9.07. The molecule has 26 heavy (non-hydrogen) atoms. The van der Waals surface area contributed by atoms with Crippen molar-refractivity contribution in [3.63, 3.8) is 0 Å². The van der Waals surface area contributed by atoms with Crippen molar-refractivity contribution in [1.82, 2.24) is 10.2 Å². The van der Waals surface area contributed by atoms with Crippen LogP contribution in [0.3, 0.4) is 0 Å². The van der Waals surface area contributed by atoms with E-state index in [1.807, 2.05) is 0 Å². The maximum Gasteiger partial charge on any atom is 0.407 e. The fourth-order valence-corrected chi connectivity index (χ4v) is 6.03. The summed E-state index contributed by atoms with van der Waals surface area (Å²) in [6.45, 7) is 2.25. The smallest absolute Gasteiger partial charge is 0.407 e. The van der Waals surface area contributed by atoms with Crippen LogP contribution in [0.2, 0.25) is 0 Å². The average molecular weight is 352 g/mol. The van der Waals surface area contributed by atoms with Crippen LogP contribution in [0.25, 0.3) is 0 Å². The van der Waals surface area contributed by atoms with Crippen LogP contribution >= 0.6 is 0 Å². The molecule has 0 unspecified atom stereocenters. The lowest BCUT2D eigenvalue weighted by atomic mass is 9.68. The predicted octanol–water partition coefficient (Wildman–Crippen LogP) is 2.24. The minimum atomic E-state index is -0.337. The molecule has 1 aromatic rings. The van der Waals surface area contributed by atoms with Gasteiger partial charge >= 0.3 is 6.09 Å². The second-order valence-electron chi connectivity index (χ2n) is 9.07. The maximum absolute atomic E-state index is 12.8. The Morgan fingerprint density at radius 2 is 1.92 bits per heavy atom. The first kappa shape index (κ1) is 15.1. The molecule has 2 saturated carbocycles. The lowest BCUT2D eigenvalue weighted by molar-refractivity contribution is -0.140. The van der Waals surface area contributed by atoms with Crippen molar-refractivity contribution in [2.75, 3.05) is 19.7 Å². The number of hydrogen-bond donors (Lipinski definition) is 1. The molecular formula is C21H24N2O3. The first-order valence-electron chi connectivity index (χ1n) is 9.97. The standard InChI is InChI=1S/C21H24N2O3/c24-19(15-7-21(8-15)11-26-20(25)22-21)23-9-16-17(10-23)18(16)14-5-4-12-2-1-3-13(12)6-14/h4-6,15-18H,1-3,7-11H2,(H,22,25)/t15?,16-,17+,18-,21?. The lowest BCUT2D eigenvalue weighted by Crippen LogP contribution is -2.58. The molecule has 0 bridgehead atoms. The molecule has 5 heteroatoms. The van der Waals surface area contributed by atoms with Crippen molar-refractivity contribution in [3.8, 4) is 0 Å². The normalized spacial score (nSPS) is 39.2. The quantitative estimate of drug-likeness (QED) is 0.888. The number of amides is 2. The minimum absolute atomic E-state index is 0.0629. The molecule has 5 aliphatic rings. The third-order valence-electron chi connectivity index (χ3n) is 7.48. The number of ether oxygens (including phenoxy) is 1. The molecule has 0 radical (unpaired) electrons. The van der Waals surface area contributed by atoms with Gasteiger partial charge in [0.2, 0.25) is 5.91 Å². The van der Waals surface area contributed by atoms with Crippen LogP contribution in [0.15, 0.2) is 18.2 Å². The predicted molar refractivity (Wildman–Crippen MR) is 94.7 cm³/mol. The molecule has 1 aromatic carbocycles. The van der Waals surface area contributed by atoms with E-state index in [0.29, 0.717) is 24.4 Å². The largest absolute Gasteiger partial charge is 0.447 e. The van der Waals surface area contributed by atoms with Crippen LogP contribution in [0, 0.1) is 17.8 Å². The van der Waals surface area contributed by atoms with Gasteiger partial charge in [0.1, 0.15) is 6.61 Å². The van der Waals surface area contributed by atoms with Gasteiger partial charge in [0.05, 0.1) is 5.54 Å². The number of carbonyl (C=O) groups is 2. The molecule has 5 nitrogen and oxygen atoms in total. The van der Waals surface area contributed by atoms with E-state index in [0.717, 1.165) is 25.9 Å². The Labute approximate surface area is 153 Å². The topological polar surface area (TPSA) is 58.6 Å². The molecule has 1 N–H and O–H groups in total. The molecule has 3 atom stereocenters. The van der Waals surface area contributed by atoms with E-state index in [-0.39, 0.29) is 23.5 Å². The number of fused-ring (bicyclic) bond motifs is 2. The third-order valence-corrected chi connectivity index (χ3v) is 7.48. The molecular weight excluding hydrogens is 328 g/mol. The number of hydrogen-bond acceptors (Lipinski definition) is 3. The molecule has 2 heterocycles. The van der Waals surface area contributed by atoms with Crippen molar-refractivity contribution >= 4 is 12.0 Å². The maximum atomic E-state index is 12.8. The van der Waals surface area contributed by atoms with Crippen molar-refractivity contribution in [2.24, 2.45) is 17.8 Å². The molecule has 1 spiro atoms. The number of aryl methyl sites for hydroxylation is 2. The summed E-state index contributed by atoms with van der Waals surface area (Å²) >= 11 is 0. The van der Waals surface area contributed by atoms with E-state index < -0.39 is 0 Å². The summed E-state index contributed by atoms with van der Waals surface area (Å²) in [5, 5.41) is 2.88. The highest BCUT2D eigenvalue weighted by molar-refractivity contribution is 5.82. The van der Waals surface area contributed by atoms with Crippen LogP contribution in [0.1, 0.15) is 41.9 Å². The van der Waals surface area contributed by atoms with Gasteiger partial charge < -0.3 is 15.0 Å². The van der Waals surface area contributed by atoms with Crippen molar-refractivity contribution < 1.29 is 14.3 Å². The zero-order valence-electron chi connectivity index (χ0n) is 14.9. The highest BCUT2D eigenvalue weighted by Crippen LogP contribution is 2.59. The molecule has 6 rings (SSSR count). The second kappa shape index (κ2) is 5.02. The number of piperidine rings is 1. The highest BCUT2D eigenvalue weighted by atomic mass is 16.6. The average Bonchev–Trinajstić information content (AvgIpc) is 3.06. The van der Waals surface area contributed by atoms with Gasteiger partial charge in [0.25, 0.3) is 0 Å². The van der Waals surface area contributed by atoms with Gasteiger partial charge in [-0.3, -0.25) is 4.79 Å². The van der Waals surface area contributed by atoms with Crippen molar-refractivity contribution in [2.45, 2.75) is 43.6 Å². The van der Waals surface area contributed by atoms with Crippen molar-refractivity contribution in [3.05, 3.63) is 34.9 Å². The van der Waals surface area contributed by atoms with Crippen LogP contribution in [-0.2, 0) is 22.4 Å². The zero-order valence-corrected chi connectivity index (χ0v) is 14.9. The zero-order chi connectivity index (χ0) is 17.5. The molecule has 3 aliphatic carbocycles. The van der Waals surface area contributed by atoms with Gasteiger partial charge in [-0.2, -0.15) is 0 Å². The number of alkyl carbamates (subject to hydrolysis) is 1. The lowest BCUT2D eigenvalue weighted by Gasteiger charge is -2.43. The van der Waals surface area contributed by atoms with Gasteiger partial charge in [0, 0.05) is 19.0 Å². The molecule has 2 aliphatic heterocycles. The summed E-state index contributed by atoms with van der Waals surface area (Å²) in [5.74, 6) is 2.33. The molecule has 2 saturated heterocycles.